The third kappa shape index (κ3) is 7.98. The number of carbonyl (C=O) groups is 4. The zero-order valence-corrected chi connectivity index (χ0v) is 39.4. The largest absolute Gasteiger partial charge is 0.332 e. The molecule has 4 atom stereocenters. The molecule has 10 nitrogen and oxygen atoms in total. The van der Waals surface area contributed by atoms with E-state index in [0.717, 1.165) is 148 Å². The van der Waals surface area contributed by atoms with E-state index in [1.54, 1.807) is 22.2 Å². The Bertz CT molecular complexity index is 2530. The lowest BCUT2D eigenvalue weighted by molar-refractivity contribution is 0.0448. The minimum Gasteiger partial charge on any atom is -0.332 e. The quantitative estimate of drug-likeness (QED) is 0.0259. The van der Waals surface area contributed by atoms with Gasteiger partial charge in [-0.2, -0.15) is 0 Å². The van der Waals surface area contributed by atoms with Gasteiger partial charge in [0.25, 0.3) is 23.6 Å². The van der Waals surface area contributed by atoms with Gasteiger partial charge in [0, 0.05) is 57.8 Å². The zero-order valence-electron chi connectivity index (χ0n) is 39.4. The minimum absolute atomic E-state index is 0.0926. The summed E-state index contributed by atoms with van der Waals surface area (Å²) in [5.74, 6) is -1.01. The minimum atomic E-state index is -0.336. The second-order valence-corrected chi connectivity index (χ2v) is 19.1. The van der Waals surface area contributed by atoms with Crippen molar-refractivity contribution in [1.82, 2.24) is 28.9 Å². The van der Waals surface area contributed by atoms with Crippen LogP contribution in [0.4, 0.5) is 0 Å². The van der Waals surface area contributed by atoms with Crippen molar-refractivity contribution in [1.29, 1.82) is 0 Å². The van der Waals surface area contributed by atoms with Crippen LogP contribution in [0.2, 0.25) is 0 Å². The molecule has 66 heavy (non-hydrogen) atoms. The Morgan fingerprint density at radius 2 is 0.682 bits per heavy atom. The summed E-state index contributed by atoms with van der Waals surface area (Å²) in [6.45, 7) is 8.78. The molecule has 2 aliphatic rings. The van der Waals surface area contributed by atoms with Crippen LogP contribution in [-0.4, -0.2) is 64.6 Å². The first-order valence-electron chi connectivity index (χ1n) is 25.2. The van der Waals surface area contributed by atoms with E-state index in [4.69, 9.17) is 0 Å². The van der Waals surface area contributed by atoms with Gasteiger partial charge in [-0.3, -0.25) is 29.0 Å². The first-order valence-corrected chi connectivity index (χ1v) is 25.2. The Hall–Kier alpha value is -5.90. The lowest BCUT2D eigenvalue weighted by atomic mass is 9.81. The molecule has 0 aliphatic carbocycles. The van der Waals surface area contributed by atoms with Crippen molar-refractivity contribution in [3.05, 3.63) is 108 Å². The summed E-state index contributed by atoms with van der Waals surface area (Å²) in [4.78, 5) is 72.4. The predicted molar refractivity (Wildman–Crippen MR) is 265 cm³/mol. The van der Waals surface area contributed by atoms with Crippen LogP contribution in [0.5, 0.6) is 0 Å². The Balaban J connectivity index is 1.14. The number of carbonyl (C=O) groups excluding carboxylic acids is 4. The van der Waals surface area contributed by atoms with Crippen molar-refractivity contribution >= 4 is 66.7 Å². The molecule has 0 N–H and O–H groups in total. The van der Waals surface area contributed by atoms with Crippen LogP contribution in [-0.2, 0) is 0 Å². The highest BCUT2D eigenvalue weighted by atomic mass is 16.2. The van der Waals surface area contributed by atoms with Gasteiger partial charge < -0.3 is 9.13 Å². The number of aromatic nitrogens is 4. The van der Waals surface area contributed by atoms with Crippen LogP contribution < -0.4 is 0 Å². The molecule has 344 valence electrons. The average molecular weight is 887 g/mol. The maximum absolute atomic E-state index is 15.1. The van der Waals surface area contributed by atoms with Crippen LogP contribution in [0.25, 0.3) is 43.1 Å². The average Bonchev–Trinajstić information content (AvgIpc) is 4.08. The van der Waals surface area contributed by atoms with E-state index in [1.807, 2.05) is 73.6 Å². The summed E-state index contributed by atoms with van der Waals surface area (Å²) in [7, 11) is 0. The van der Waals surface area contributed by atoms with Crippen molar-refractivity contribution in [3.63, 3.8) is 0 Å². The Morgan fingerprint density at radius 1 is 0.379 bits per heavy atom. The highest BCUT2D eigenvalue weighted by Gasteiger charge is 2.44. The third-order valence-electron chi connectivity index (χ3n) is 15.0. The molecule has 9 rings (SSSR count). The zero-order chi connectivity index (χ0) is 45.9. The monoisotopic (exact) mass is 887 g/mol. The van der Waals surface area contributed by atoms with Crippen LogP contribution in [0.3, 0.4) is 0 Å². The van der Waals surface area contributed by atoms with Crippen LogP contribution in [0.15, 0.2) is 86.0 Å². The Morgan fingerprint density at radius 3 is 0.985 bits per heavy atom. The fourth-order valence-corrected chi connectivity index (χ4v) is 11.7. The molecule has 4 unspecified atom stereocenters. The van der Waals surface area contributed by atoms with Crippen molar-refractivity contribution in [2.45, 2.75) is 167 Å². The molecule has 0 bridgehead atoms. The number of nitrogens with zero attached hydrogens (tertiary/aromatic N) is 6. The number of fused-ring (bicyclic) bond motifs is 2. The molecule has 7 aromatic rings. The standard InChI is InChI=1S/C56H66N6O4/c1-5-9-13-17-21-47(45(19-15-11-7-3)59-33-31-57-35-59)61-53(63)41-27-23-37-39-25-29-43-52-44(30-26-40(50(39)52)38-24-28-42(54(61)64)51(41)49(37)38)56(66)62(55(43)65)48(22-18-14-10-6-2)46(20-16-12-8-4)60-34-32-58-36-60/h23-36,45-48H,5-22H2,1-4H3. The van der Waals surface area contributed by atoms with Crippen molar-refractivity contribution in [2.75, 3.05) is 0 Å². The van der Waals surface area contributed by atoms with Gasteiger partial charge in [-0.05, 0) is 82.3 Å². The maximum atomic E-state index is 15.1. The van der Waals surface area contributed by atoms with Gasteiger partial charge in [0.2, 0.25) is 0 Å². The second-order valence-electron chi connectivity index (χ2n) is 19.1. The van der Waals surface area contributed by atoms with Gasteiger partial charge in [-0.1, -0.05) is 142 Å². The van der Waals surface area contributed by atoms with Crippen LogP contribution in [0, 0.1) is 0 Å². The van der Waals surface area contributed by atoms with E-state index in [0.29, 0.717) is 33.0 Å². The summed E-state index contributed by atoms with van der Waals surface area (Å²) in [6.07, 6.45) is 29.0. The Labute approximate surface area is 389 Å². The lowest BCUT2D eigenvalue weighted by Crippen LogP contribution is -2.50. The van der Waals surface area contributed by atoms with Gasteiger partial charge in [0.05, 0.1) is 36.8 Å². The number of benzene rings is 5. The molecule has 4 heterocycles. The molecule has 2 aliphatic heterocycles. The highest BCUT2D eigenvalue weighted by molar-refractivity contribution is 6.41. The summed E-state index contributed by atoms with van der Waals surface area (Å²) < 4.78 is 4.22. The number of amides is 4. The SMILES string of the molecule is CCCCCCC(C(CCCCC)n1ccnc1)N1C(=O)c2ccc3c4ccc5c6c(ccc(c7ccc(c2c37)C1=O)c64)C(=O)N(C(CCCCCC)C(CCCCC)n1ccnc1)C5=O. The second kappa shape index (κ2) is 19.9. The van der Waals surface area contributed by atoms with Crippen LogP contribution in [0.1, 0.15) is 197 Å². The fraction of sp³-hybridized carbons (Fsp3) is 0.464. The number of hydrogen-bond donors (Lipinski definition) is 0. The number of hydrogen-bond acceptors (Lipinski definition) is 6. The number of rotatable bonds is 24. The van der Waals surface area contributed by atoms with E-state index in [2.05, 4.69) is 46.8 Å². The summed E-state index contributed by atoms with van der Waals surface area (Å²) in [5.41, 5.74) is 2.14. The fourth-order valence-electron chi connectivity index (χ4n) is 11.7. The molecule has 0 spiro atoms. The number of unbranched alkanes of at least 4 members (excludes halogenated alkanes) is 10. The molecule has 2 aromatic heterocycles. The first kappa shape index (κ1) is 45.3. The van der Waals surface area contributed by atoms with Crippen LogP contribution >= 0.6 is 0 Å². The summed E-state index contributed by atoms with van der Waals surface area (Å²) >= 11 is 0. The maximum Gasteiger partial charge on any atom is 0.261 e. The normalized spacial score (nSPS) is 15.9. The smallest absolute Gasteiger partial charge is 0.261 e. The first-order chi connectivity index (χ1) is 32.3. The summed E-state index contributed by atoms with van der Waals surface area (Å²) in [5, 5.41) is 6.70. The number of imide groups is 2. The van der Waals surface area contributed by atoms with E-state index in [9.17, 15) is 0 Å². The van der Waals surface area contributed by atoms with Crippen molar-refractivity contribution in [2.24, 2.45) is 0 Å². The lowest BCUT2D eigenvalue weighted by Gasteiger charge is -2.39. The van der Waals surface area contributed by atoms with Gasteiger partial charge in [-0.15, -0.1) is 0 Å². The van der Waals surface area contributed by atoms with Gasteiger partial charge in [0.15, 0.2) is 0 Å². The Kier molecular flexibility index (Phi) is 13.7. The molecule has 10 heteroatoms. The predicted octanol–water partition coefficient (Wildman–Crippen LogP) is 13.6. The molecular formula is C56H66N6O4. The highest BCUT2D eigenvalue weighted by Crippen LogP contribution is 2.48. The van der Waals surface area contributed by atoms with Crippen molar-refractivity contribution < 1.29 is 19.2 Å². The molecular weight excluding hydrogens is 821 g/mol. The molecule has 0 saturated heterocycles. The van der Waals surface area contributed by atoms with Gasteiger partial charge in [0.1, 0.15) is 0 Å². The topological polar surface area (TPSA) is 110 Å². The van der Waals surface area contributed by atoms with Crippen molar-refractivity contribution in [3.8, 4) is 0 Å². The molecule has 0 fully saturated rings. The van der Waals surface area contributed by atoms with Gasteiger partial charge in [-0.25, -0.2) is 9.97 Å². The van der Waals surface area contributed by atoms with E-state index >= 15 is 19.2 Å². The summed E-state index contributed by atoms with van der Waals surface area (Å²) in [6, 6.07) is 14.8. The van der Waals surface area contributed by atoms with E-state index in [-0.39, 0.29) is 47.8 Å². The van der Waals surface area contributed by atoms with E-state index in [1.165, 1.54) is 0 Å². The molecule has 0 radical (unpaired) electrons. The van der Waals surface area contributed by atoms with E-state index < -0.39 is 0 Å². The molecule has 0 saturated carbocycles. The number of imidazole rings is 2. The third-order valence-corrected chi connectivity index (χ3v) is 15.0. The molecule has 4 amide bonds. The molecule has 5 aromatic carbocycles. The van der Waals surface area contributed by atoms with Gasteiger partial charge >= 0.3 is 0 Å².